The van der Waals surface area contributed by atoms with Crippen molar-refractivity contribution < 1.29 is 18.3 Å². The van der Waals surface area contributed by atoms with Crippen molar-refractivity contribution in [3.63, 3.8) is 0 Å². The lowest BCUT2D eigenvalue weighted by Gasteiger charge is -2.06. The van der Waals surface area contributed by atoms with Gasteiger partial charge in [-0.3, -0.25) is 4.68 Å². The highest BCUT2D eigenvalue weighted by Gasteiger charge is 2.19. The van der Waals surface area contributed by atoms with E-state index in [2.05, 4.69) is 5.10 Å². The molecule has 0 saturated carbocycles. The molecule has 4 nitrogen and oxygen atoms in total. The van der Waals surface area contributed by atoms with Crippen LogP contribution in [-0.2, 0) is 11.3 Å². The molecule has 0 bridgehead atoms. The van der Waals surface area contributed by atoms with Gasteiger partial charge in [-0.1, -0.05) is 17.7 Å². The molecule has 0 fully saturated rings. The SMILES string of the molecule is COC(=O)c1nn(Cc2ccc(F)cc2Cl)c2cc(F)ccc12. The Labute approximate surface area is 135 Å². The first-order valence-electron chi connectivity index (χ1n) is 6.68. The highest BCUT2D eigenvalue weighted by Crippen LogP contribution is 2.24. The third-order valence-electron chi connectivity index (χ3n) is 3.43. The number of halogens is 3. The van der Waals surface area contributed by atoms with Crippen LogP contribution < -0.4 is 0 Å². The van der Waals surface area contributed by atoms with Crippen molar-refractivity contribution in [2.45, 2.75) is 6.54 Å². The molecule has 0 saturated heterocycles. The average molecular weight is 337 g/mol. The number of carbonyl (C=O) groups is 1. The van der Waals surface area contributed by atoms with Crippen LogP contribution in [-0.4, -0.2) is 22.9 Å². The zero-order valence-electron chi connectivity index (χ0n) is 12.0. The second kappa shape index (κ2) is 5.96. The van der Waals surface area contributed by atoms with Gasteiger partial charge in [0.2, 0.25) is 0 Å². The fourth-order valence-corrected chi connectivity index (χ4v) is 2.55. The van der Waals surface area contributed by atoms with Gasteiger partial charge in [0.1, 0.15) is 11.6 Å². The van der Waals surface area contributed by atoms with E-state index < -0.39 is 17.6 Å². The predicted octanol–water partition coefficient (Wildman–Crippen LogP) is 3.80. The molecule has 3 rings (SSSR count). The Morgan fingerprint density at radius 3 is 2.61 bits per heavy atom. The largest absolute Gasteiger partial charge is 0.464 e. The van der Waals surface area contributed by atoms with E-state index >= 15 is 0 Å². The van der Waals surface area contributed by atoms with Crippen molar-refractivity contribution in [1.29, 1.82) is 0 Å². The molecule has 0 N–H and O–H groups in total. The van der Waals surface area contributed by atoms with Gasteiger partial charge in [-0.25, -0.2) is 13.6 Å². The second-order valence-corrected chi connectivity index (χ2v) is 5.30. The number of methoxy groups -OCH3 is 1. The third kappa shape index (κ3) is 2.90. The van der Waals surface area contributed by atoms with Crippen LogP contribution in [0, 0.1) is 11.6 Å². The number of fused-ring (bicyclic) bond motifs is 1. The molecule has 0 aliphatic heterocycles. The number of hydrogen-bond donors (Lipinski definition) is 0. The summed E-state index contributed by atoms with van der Waals surface area (Å²) < 4.78 is 32.8. The first-order chi connectivity index (χ1) is 11.0. The van der Waals surface area contributed by atoms with Crippen LogP contribution in [0.3, 0.4) is 0 Å². The summed E-state index contributed by atoms with van der Waals surface area (Å²) in [7, 11) is 1.24. The van der Waals surface area contributed by atoms with Gasteiger partial charge in [-0.15, -0.1) is 0 Å². The quantitative estimate of drug-likeness (QED) is 0.683. The third-order valence-corrected chi connectivity index (χ3v) is 3.78. The number of carbonyl (C=O) groups excluding carboxylic acids is 1. The lowest BCUT2D eigenvalue weighted by atomic mass is 10.2. The summed E-state index contributed by atoms with van der Waals surface area (Å²) in [6, 6.07) is 7.95. The lowest BCUT2D eigenvalue weighted by molar-refractivity contribution is 0.0595. The standard InChI is InChI=1S/C16H11ClF2N2O2/c1-23-16(22)15-12-5-4-11(19)7-14(12)21(20-15)8-9-2-3-10(18)6-13(9)17/h2-7H,8H2,1H3. The van der Waals surface area contributed by atoms with Crippen molar-refractivity contribution in [3.8, 4) is 0 Å². The molecular formula is C16H11ClF2N2O2. The molecular weight excluding hydrogens is 326 g/mol. The Balaban J connectivity index is 2.13. The molecule has 0 aliphatic carbocycles. The molecule has 2 aromatic carbocycles. The molecule has 0 spiro atoms. The van der Waals surface area contributed by atoms with Crippen molar-refractivity contribution in [1.82, 2.24) is 9.78 Å². The Morgan fingerprint density at radius 1 is 1.22 bits per heavy atom. The summed E-state index contributed by atoms with van der Waals surface area (Å²) in [5.74, 6) is -1.53. The molecule has 0 aliphatic rings. The molecule has 23 heavy (non-hydrogen) atoms. The van der Waals surface area contributed by atoms with E-state index in [9.17, 15) is 13.6 Å². The van der Waals surface area contributed by atoms with E-state index in [1.54, 1.807) is 0 Å². The smallest absolute Gasteiger partial charge is 0.359 e. The highest BCUT2D eigenvalue weighted by atomic mass is 35.5. The van der Waals surface area contributed by atoms with Crippen LogP contribution in [0.25, 0.3) is 10.9 Å². The zero-order valence-corrected chi connectivity index (χ0v) is 12.8. The fourth-order valence-electron chi connectivity index (χ4n) is 2.33. The van der Waals surface area contributed by atoms with Gasteiger partial charge in [-0.2, -0.15) is 5.10 Å². The molecule has 3 aromatic rings. The van der Waals surface area contributed by atoms with Crippen LogP contribution in [0.15, 0.2) is 36.4 Å². The molecule has 1 aromatic heterocycles. The Kier molecular flexibility index (Phi) is 4.00. The van der Waals surface area contributed by atoms with Crippen molar-refractivity contribution >= 4 is 28.5 Å². The maximum atomic E-state index is 13.5. The van der Waals surface area contributed by atoms with Crippen molar-refractivity contribution in [3.05, 3.63) is 64.3 Å². The molecule has 7 heteroatoms. The van der Waals surface area contributed by atoms with Crippen LogP contribution in [0.1, 0.15) is 16.1 Å². The molecule has 0 atom stereocenters. The van der Waals surface area contributed by atoms with Crippen LogP contribution in [0.4, 0.5) is 8.78 Å². The molecule has 0 amide bonds. The maximum absolute atomic E-state index is 13.5. The highest BCUT2D eigenvalue weighted by molar-refractivity contribution is 6.31. The van der Waals surface area contributed by atoms with Gasteiger partial charge in [0, 0.05) is 10.4 Å². The first kappa shape index (κ1) is 15.4. The molecule has 118 valence electrons. The lowest BCUT2D eigenvalue weighted by Crippen LogP contribution is -2.06. The van der Waals surface area contributed by atoms with Gasteiger partial charge in [0.25, 0.3) is 0 Å². The van der Waals surface area contributed by atoms with Crippen molar-refractivity contribution in [2.24, 2.45) is 0 Å². The van der Waals surface area contributed by atoms with Gasteiger partial charge in [0.05, 0.1) is 19.2 Å². The minimum absolute atomic E-state index is 0.0840. The topological polar surface area (TPSA) is 44.1 Å². The van der Waals surface area contributed by atoms with Gasteiger partial charge >= 0.3 is 5.97 Å². The van der Waals surface area contributed by atoms with E-state index in [-0.39, 0.29) is 17.3 Å². The number of rotatable bonds is 3. The first-order valence-corrected chi connectivity index (χ1v) is 7.05. The maximum Gasteiger partial charge on any atom is 0.359 e. The van der Waals surface area contributed by atoms with E-state index in [0.29, 0.717) is 16.5 Å². The van der Waals surface area contributed by atoms with E-state index in [1.807, 2.05) is 0 Å². The van der Waals surface area contributed by atoms with Gasteiger partial charge < -0.3 is 4.74 Å². The summed E-state index contributed by atoms with van der Waals surface area (Å²) in [5, 5.41) is 4.88. The van der Waals surface area contributed by atoms with Crippen LogP contribution in [0.5, 0.6) is 0 Å². The monoisotopic (exact) mass is 336 g/mol. The van der Waals surface area contributed by atoms with E-state index in [1.165, 1.54) is 48.2 Å². The number of benzene rings is 2. The summed E-state index contributed by atoms with van der Waals surface area (Å²) in [4.78, 5) is 11.8. The van der Waals surface area contributed by atoms with E-state index in [0.717, 1.165) is 0 Å². The number of aromatic nitrogens is 2. The summed E-state index contributed by atoms with van der Waals surface area (Å²) in [5.41, 5.74) is 1.10. The van der Waals surface area contributed by atoms with Gasteiger partial charge in [-0.05, 0) is 35.9 Å². The average Bonchev–Trinajstić information content (AvgIpc) is 2.87. The molecule has 0 radical (unpaired) electrons. The van der Waals surface area contributed by atoms with Crippen molar-refractivity contribution in [2.75, 3.05) is 7.11 Å². The summed E-state index contributed by atoms with van der Waals surface area (Å²) in [6.07, 6.45) is 0. The normalized spacial score (nSPS) is 11.0. The number of hydrogen-bond acceptors (Lipinski definition) is 3. The minimum Gasteiger partial charge on any atom is -0.464 e. The fraction of sp³-hybridized carbons (Fsp3) is 0.125. The second-order valence-electron chi connectivity index (χ2n) is 4.90. The summed E-state index contributed by atoms with van der Waals surface area (Å²) >= 11 is 6.01. The van der Waals surface area contributed by atoms with Crippen LogP contribution in [0.2, 0.25) is 5.02 Å². The van der Waals surface area contributed by atoms with E-state index in [4.69, 9.17) is 16.3 Å². The zero-order chi connectivity index (χ0) is 16.6. The Bertz CT molecular complexity index is 908. The van der Waals surface area contributed by atoms with Gasteiger partial charge in [0.15, 0.2) is 5.69 Å². The minimum atomic E-state index is -0.620. The number of nitrogens with zero attached hydrogens (tertiary/aromatic N) is 2. The predicted molar refractivity (Wildman–Crippen MR) is 81.5 cm³/mol. The summed E-state index contributed by atoms with van der Waals surface area (Å²) in [6.45, 7) is 0.163. The Hall–Kier alpha value is -2.47. The Morgan fingerprint density at radius 2 is 1.91 bits per heavy atom. The number of esters is 1. The number of ether oxygens (including phenoxy) is 1. The molecule has 0 unspecified atom stereocenters. The molecule has 1 heterocycles. The van der Waals surface area contributed by atoms with Crippen LogP contribution >= 0.6 is 11.6 Å².